The third-order valence-corrected chi connectivity index (χ3v) is 5.69. The zero-order valence-corrected chi connectivity index (χ0v) is 20.0. The number of methoxy groups -OCH3 is 1. The molecule has 0 fully saturated rings. The summed E-state index contributed by atoms with van der Waals surface area (Å²) >= 11 is 0. The first-order chi connectivity index (χ1) is 17.3. The summed E-state index contributed by atoms with van der Waals surface area (Å²) in [6.07, 6.45) is 3.20. The molecule has 0 aliphatic carbocycles. The van der Waals surface area contributed by atoms with Crippen LogP contribution in [0.5, 0.6) is 0 Å². The lowest BCUT2D eigenvalue weighted by Crippen LogP contribution is -2.12. The largest absolute Gasteiger partial charge is 0.465 e. The third-order valence-electron chi connectivity index (χ3n) is 5.69. The van der Waals surface area contributed by atoms with Crippen LogP contribution in [0.1, 0.15) is 43.2 Å². The van der Waals surface area contributed by atoms with Crippen molar-refractivity contribution in [2.75, 3.05) is 12.4 Å². The maximum absolute atomic E-state index is 12.9. The highest BCUT2D eigenvalue weighted by molar-refractivity contribution is 6.04. The molecule has 0 atom stereocenters. The summed E-state index contributed by atoms with van der Waals surface area (Å²) in [4.78, 5) is 35.7. The molecule has 4 aromatic rings. The number of nitro groups is 1. The lowest BCUT2D eigenvalue weighted by Gasteiger charge is -2.08. The average molecular weight is 489 g/mol. The van der Waals surface area contributed by atoms with Crippen LogP contribution in [0.3, 0.4) is 0 Å². The molecule has 11 heteroatoms. The Hall–Kier alpha value is -4.80. The average Bonchev–Trinajstić information content (AvgIpc) is 3.41. The minimum absolute atomic E-state index is 0.00452. The van der Waals surface area contributed by atoms with E-state index in [1.807, 2.05) is 18.2 Å². The number of carbonyl (C=O) groups is 2. The van der Waals surface area contributed by atoms with Gasteiger partial charge in [-0.05, 0) is 43.2 Å². The van der Waals surface area contributed by atoms with Gasteiger partial charge in [0.15, 0.2) is 0 Å². The Morgan fingerprint density at radius 1 is 1.11 bits per heavy atom. The van der Waals surface area contributed by atoms with Gasteiger partial charge in [-0.25, -0.2) is 4.79 Å². The minimum atomic E-state index is -0.438. The maximum atomic E-state index is 12.9. The summed E-state index contributed by atoms with van der Waals surface area (Å²) in [5, 5.41) is 22.6. The third kappa shape index (κ3) is 5.14. The van der Waals surface area contributed by atoms with E-state index in [0.29, 0.717) is 41.3 Å². The number of hydrogen-bond donors (Lipinski definition) is 1. The Morgan fingerprint density at radius 3 is 2.61 bits per heavy atom. The number of carbonyl (C=O) groups excluding carboxylic acids is 2. The van der Waals surface area contributed by atoms with E-state index in [-0.39, 0.29) is 11.6 Å². The summed E-state index contributed by atoms with van der Waals surface area (Å²) < 4.78 is 8.00. The molecule has 0 bridgehead atoms. The van der Waals surface area contributed by atoms with E-state index in [0.717, 1.165) is 11.1 Å². The number of anilines is 1. The molecular formula is C25H24N6O5. The summed E-state index contributed by atoms with van der Waals surface area (Å²) in [5.41, 5.74) is 3.68. The molecule has 184 valence electrons. The lowest BCUT2D eigenvalue weighted by atomic mass is 10.1. The van der Waals surface area contributed by atoms with Gasteiger partial charge in [-0.1, -0.05) is 30.3 Å². The standard InChI is InChI=1S/C25H24N6O5/c1-16-23(31(34)35)17(2)30(28-16)13-18-7-6-9-19(11-18)24(32)27-21-12-26-29(15-21)14-20-8-4-5-10-22(20)25(33)36-3/h4-12,15H,13-14H2,1-3H3,(H,27,32). The number of nitrogens with zero attached hydrogens (tertiary/aromatic N) is 5. The highest BCUT2D eigenvalue weighted by Gasteiger charge is 2.22. The normalized spacial score (nSPS) is 10.8. The number of esters is 1. The van der Waals surface area contributed by atoms with Gasteiger partial charge in [0.1, 0.15) is 11.4 Å². The fraction of sp³-hybridized carbons (Fsp3) is 0.200. The molecule has 36 heavy (non-hydrogen) atoms. The SMILES string of the molecule is COC(=O)c1ccccc1Cn1cc(NC(=O)c2cccc(Cn3nc(C)c([N+](=O)[O-])c3C)c2)cn1. The molecule has 0 spiro atoms. The van der Waals surface area contributed by atoms with Gasteiger partial charge >= 0.3 is 11.7 Å². The van der Waals surface area contributed by atoms with Crippen molar-refractivity contribution in [2.45, 2.75) is 26.9 Å². The van der Waals surface area contributed by atoms with Crippen molar-refractivity contribution in [1.82, 2.24) is 19.6 Å². The van der Waals surface area contributed by atoms with Crippen molar-refractivity contribution in [3.8, 4) is 0 Å². The summed E-state index contributed by atoms with van der Waals surface area (Å²) in [7, 11) is 1.33. The van der Waals surface area contributed by atoms with Crippen LogP contribution in [0.4, 0.5) is 11.4 Å². The first-order valence-corrected chi connectivity index (χ1v) is 11.0. The number of aryl methyl sites for hydroxylation is 1. The van der Waals surface area contributed by atoms with E-state index in [1.54, 1.807) is 59.7 Å². The second kappa shape index (κ2) is 10.2. The number of benzene rings is 2. The van der Waals surface area contributed by atoms with Gasteiger partial charge in [0, 0.05) is 11.8 Å². The number of hydrogen-bond acceptors (Lipinski definition) is 7. The van der Waals surface area contributed by atoms with Gasteiger partial charge in [-0.15, -0.1) is 0 Å². The zero-order chi connectivity index (χ0) is 25.8. The molecule has 0 radical (unpaired) electrons. The quantitative estimate of drug-likeness (QED) is 0.227. The molecule has 1 amide bonds. The van der Waals surface area contributed by atoms with E-state index in [9.17, 15) is 19.7 Å². The Labute approximate surface area is 206 Å². The predicted octanol–water partition coefficient (Wildman–Crippen LogP) is 3.74. The zero-order valence-electron chi connectivity index (χ0n) is 20.0. The Balaban J connectivity index is 1.46. The fourth-order valence-electron chi connectivity index (χ4n) is 3.95. The van der Waals surface area contributed by atoms with Gasteiger partial charge in [0.25, 0.3) is 5.91 Å². The van der Waals surface area contributed by atoms with Crippen molar-refractivity contribution in [1.29, 1.82) is 0 Å². The number of nitrogens with one attached hydrogen (secondary N) is 1. The van der Waals surface area contributed by atoms with Gasteiger partial charge in [-0.3, -0.25) is 24.3 Å². The maximum Gasteiger partial charge on any atom is 0.338 e. The molecular weight excluding hydrogens is 464 g/mol. The Bertz CT molecular complexity index is 1450. The summed E-state index contributed by atoms with van der Waals surface area (Å²) in [6, 6.07) is 14.1. The molecule has 0 aliphatic heterocycles. The van der Waals surface area contributed by atoms with Crippen LogP contribution in [0.2, 0.25) is 0 Å². The number of ether oxygens (including phenoxy) is 1. The molecule has 2 aromatic carbocycles. The van der Waals surface area contributed by atoms with Crippen LogP contribution in [0, 0.1) is 24.0 Å². The van der Waals surface area contributed by atoms with Gasteiger partial charge in [0.2, 0.25) is 0 Å². The molecule has 2 aromatic heterocycles. The number of amides is 1. The second-order valence-corrected chi connectivity index (χ2v) is 8.16. The molecule has 0 saturated heterocycles. The Morgan fingerprint density at radius 2 is 1.89 bits per heavy atom. The van der Waals surface area contributed by atoms with Crippen molar-refractivity contribution in [3.05, 3.63) is 105 Å². The van der Waals surface area contributed by atoms with E-state index in [1.165, 1.54) is 13.3 Å². The molecule has 0 unspecified atom stereocenters. The van der Waals surface area contributed by atoms with Crippen molar-refractivity contribution in [3.63, 3.8) is 0 Å². The van der Waals surface area contributed by atoms with Crippen molar-refractivity contribution < 1.29 is 19.2 Å². The monoisotopic (exact) mass is 488 g/mol. The second-order valence-electron chi connectivity index (χ2n) is 8.16. The van der Waals surface area contributed by atoms with E-state index >= 15 is 0 Å². The summed E-state index contributed by atoms with van der Waals surface area (Å²) in [6.45, 7) is 3.86. The first-order valence-electron chi connectivity index (χ1n) is 11.0. The van der Waals surface area contributed by atoms with Crippen LogP contribution in [0.15, 0.2) is 60.9 Å². The topological polar surface area (TPSA) is 134 Å². The smallest absolute Gasteiger partial charge is 0.338 e. The molecule has 11 nitrogen and oxygen atoms in total. The molecule has 4 rings (SSSR count). The number of aromatic nitrogens is 4. The van der Waals surface area contributed by atoms with Gasteiger partial charge < -0.3 is 10.1 Å². The van der Waals surface area contributed by atoms with Crippen molar-refractivity contribution in [2.24, 2.45) is 0 Å². The molecule has 0 aliphatic rings. The van der Waals surface area contributed by atoms with Crippen LogP contribution in [0.25, 0.3) is 0 Å². The molecule has 2 heterocycles. The van der Waals surface area contributed by atoms with E-state index in [2.05, 4.69) is 15.5 Å². The highest BCUT2D eigenvalue weighted by atomic mass is 16.6. The molecule has 1 N–H and O–H groups in total. The first kappa shape index (κ1) is 24.3. The lowest BCUT2D eigenvalue weighted by molar-refractivity contribution is -0.386. The Kier molecular flexibility index (Phi) is 6.91. The minimum Gasteiger partial charge on any atom is -0.465 e. The predicted molar refractivity (Wildman–Crippen MR) is 131 cm³/mol. The molecule has 0 saturated carbocycles. The van der Waals surface area contributed by atoms with Gasteiger partial charge in [-0.2, -0.15) is 10.2 Å². The van der Waals surface area contributed by atoms with Crippen LogP contribution >= 0.6 is 0 Å². The summed E-state index contributed by atoms with van der Waals surface area (Å²) in [5.74, 6) is -0.757. The fourth-order valence-corrected chi connectivity index (χ4v) is 3.95. The van der Waals surface area contributed by atoms with E-state index < -0.39 is 10.9 Å². The van der Waals surface area contributed by atoms with Crippen LogP contribution < -0.4 is 5.32 Å². The number of rotatable bonds is 8. The van der Waals surface area contributed by atoms with E-state index in [4.69, 9.17) is 4.74 Å². The van der Waals surface area contributed by atoms with Gasteiger partial charge in [0.05, 0.1) is 42.6 Å². The van der Waals surface area contributed by atoms with Crippen LogP contribution in [-0.4, -0.2) is 43.5 Å². The van der Waals surface area contributed by atoms with Crippen molar-refractivity contribution >= 4 is 23.3 Å². The van der Waals surface area contributed by atoms with Crippen LogP contribution in [-0.2, 0) is 17.8 Å². The highest BCUT2D eigenvalue weighted by Crippen LogP contribution is 2.23.